The number of aromatic amines is 1. The van der Waals surface area contributed by atoms with Crippen LogP contribution in [0.3, 0.4) is 0 Å². The van der Waals surface area contributed by atoms with Crippen molar-refractivity contribution < 1.29 is 10.0 Å². The Hall–Kier alpha value is -3.30. The molecule has 2 aromatic heterocycles. The van der Waals surface area contributed by atoms with Gasteiger partial charge in [0.2, 0.25) is 0 Å². The van der Waals surface area contributed by atoms with Crippen LogP contribution in [0.1, 0.15) is 10.6 Å². The van der Waals surface area contributed by atoms with Crippen LogP contribution in [0.2, 0.25) is 0 Å². The summed E-state index contributed by atoms with van der Waals surface area (Å²) in [6, 6.07) is 11.8. The second-order valence-electron chi connectivity index (χ2n) is 5.60. The molecule has 0 saturated heterocycles. The largest absolute Gasteiger partial charge is 0.502 e. The van der Waals surface area contributed by atoms with Crippen molar-refractivity contribution in [1.29, 1.82) is 0 Å². The summed E-state index contributed by atoms with van der Waals surface area (Å²) >= 11 is 2.76. The van der Waals surface area contributed by atoms with Gasteiger partial charge in [-0.25, -0.2) is 4.98 Å². The molecule has 134 valence electrons. The Morgan fingerprint density at radius 1 is 1.15 bits per heavy atom. The Morgan fingerprint density at radius 2 is 1.96 bits per heavy atom. The zero-order chi connectivity index (χ0) is 19.0. The number of aromatic nitrogens is 2. The fourth-order valence-corrected chi connectivity index (χ4v) is 4.39. The van der Waals surface area contributed by atoms with Crippen LogP contribution in [-0.2, 0) is 0 Å². The molecule has 0 unspecified atom stereocenters. The topological polar surface area (TPSA) is 109 Å². The zero-order valence-electron chi connectivity index (χ0n) is 13.6. The molecular formula is C18H11N3O4S2. The number of phenols is 1. The van der Waals surface area contributed by atoms with E-state index in [4.69, 9.17) is 0 Å². The molecule has 4 rings (SSSR count). The molecule has 0 radical (unpaired) electrons. The lowest BCUT2D eigenvalue weighted by Crippen LogP contribution is -2.19. The van der Waals surface area contributed by atoms with E-state index in [1.54, 1.807) is 12.2 Å². The van der Waals surface area contributed by atoms with Gasteiger partial charge in [-0.05, 0) is 29.8 Å². The number of thiazole rings is 2. The maximum atomic E-state index is 12.2. The van der Waals surface area contributed by atoms with E-state index < -0.39 is 16.4 Å². The predicted octanol–water partition coefficient (Wildman–Crippen LogP) is 2.32. The van der Waals surface area contributed by atoms with Gasteiger partial charge in [-0.2, -0.15) is 0 Å². The van der Waals surface area contributed by atoms with Crippen molar-refractivity contribution in [3.05, 3.63) is 82.7 Å². The molecule has 0 aliphatic heterocycles. The number of nitrogens with one attached hydrogen (secondary N) is 1. The molecule has 2 N–H and O–H groups in total. The molecule has 0 aliphatic carbocycles. The van der Waals surface area contributed by atoms with E-state index >= 15 is 0 Å². The SMILES string of the molecule is O=c1[nH]/c(=C\c2nc3ccccc3s2)s/c1=C\c1ccc(O)c([N+](=O)[O-])c1. The smallest absolute Gasteiger partial charge is 0.311 e. The molecule has 0 bridgehead atoms. The minimum Gasteiger partial charge on any atom is -0.502 e. The van der Waals surface area contributed by atoms with E-state index in [1.807, 2.05) is 24.3 Å². The van der Waals surface area contributed by atoms with Gasteiger partial charge in [0.25, 0.3) is 5.56 Å². The summed E-state index contributed by atoms with van der Waals surface area (Å²) in [5, 5.41) is 21.2. The fraction of sp³-hybridized carbons (Fsp3) is 0. The van der Waals surface area contributed by atoms with Crippen LogP contribution in [0.5, 0.6) is 5.75 Å². The molecule has 0 amide bonds. The third-order valence-electron chi connectivity index (χ3n) is 3.74. The Kier molecular flexibility index (Phi) is 4.30. The Bertz CT molecular complexity index is 1320. The van der Waals surface area contributed by atoms with Gasteiger partial charge in [0.05, 0.1) is 24.3 Å². The molecule has 0 fully saturated rings. The average molecular weight is 397 g/mol. The van der Waals surface area contributed by atoms with Crippen LogP contribution < -0.4 is 14.8 Å². The third-order valence-corrected chi connectivity index (χ3v) is 5.69. The molecule has 2 aromatic carbocycles. The highest BCUT2D eigenvalue weighted by molar-refractivity contribution is 7.19. The Morgan fingerprint density at radius 3 is 2.74 bits per heavy atom. The predicted molar refractivity (Wildman–Crippen MR) is 106 cm³/mol. The second-order valence-corrected chi connectivity index (χ2v) is 7.74. The number of rotatable bonds is 3. The Labute approximate surface area is 159 Å². The monoisotopic (exact) mass is 397 g/mol. The number of aromatic hydroxyl groups is 1. The van der Waals surface area contributed by atoms with Gasteiger partial charge in [0.15, 0.2) is 5.75 Å². The zero-order valence-corrected chi connectivity index (χ0v) is 15.2. The van der Waals surface area contributed by atoms with E-state index in [9.17, 15) is 20.0 Å². The van der Waals surface area contributed by atoms with E-state index in [0.717, 1.165) is 15.2 Å². The Balaban J connectivity index is 1.77. The standard InChI is InChI=1S/C18H11N3O4S2/c22-13-6-5-10(7-12(13)21(24)25)8-15-18(23)20-17(27-15)9-16-19-11-3-1-2-4-14(11)26-16/h1-9,22H,(H,20,23)/b15-8-,17-9+. The van der Waals surface area contributed by atoms with Crippen LogP contribution in [0.15, 0.2) is 47.3 Å². The number of H-pyrrole nitrogens is 1. The average Bonchev–Trinajstić information content (AvgIpc) is 3.19. The first-order valence-electron chi connectivity index (χ1n) is 7.75. The molecule has 0 aliphatic rings. The molecule has 9 heteroatoms. The number of hydrogen-bond donors (Lipinski definition) is 2. The maximum absolute atomic E-state index is 12.2. The first kappa shape index (κ1) is 17.1. The molecule has 2 heterocycles. The number of hydrogen-bond acceptors (Lipinski definition) is 7. The normalized spacial score (nSPS) is 12.7. The summed E-state index contributed by atoms with van der Waals surface area (Å²) in [6.45, 7) is 0. The van der Waals surface area contributed by atoms with Crippen molar-refractivity contribution in [3.8, 4) is 5.75 Å². The quantitative estimate of drug-likeness (QED) is 0.407. The third kappa shape index (κ3) is 3.50. The lowest BCUT2D eigenvalue weighted by Gasteiger charge is -1.96. The van der Waals surface area contributed by atoms with Crippen molar-refractivity contribution in [1.82, 2.24) is 9.97 Å². The fourth-order valence-electron chi connectivity index (χ4n) is 2.52. The van der Waals surface area contributed by atoms with Crippen molar-refractivity contribution in [2.75, 3.05) is 0 Å². The van der Waals surface area contributed by atoms with E-state index in [-0.39, 0.29) is 5.56 Å². The first-order chi connectivity index (χ1) is 13.0. The highest BCUT2D eigenvalue weighted by Crippen LogP contribution is 2.26. The summed E-state index contributed by atoms with van der Waals surface area (Å²) < 4.78 is 2.10. The van der Waals surface area contributed by atoms with Gasteiger partial charge in [0.1, 0.15) is 5.01 Å². The van der Waals surface area contributed by atoms with Crippen molar-refractivity contribution in [3.63, 3.8) is 0 Å². The highest BCUT2D eigenvalue weighted by Gasteiger charge is 2.12. The molecular weight excluding hydrogens is 386 g/mol. The van der Waals surface area contributed by atoms with Gasteiger partial charge in [-0.3, -0.25) is 14.9 Å². The summed E-state index contributed by atoms with van der Waals surface area (Å²) in [5.74, 6) is -0.415. The lowest BCUT2D eigenvalue weighted by molar-refractivity contribution is -0.385. The number of fused-ring (bicyclic) bond motifs is 1. The van der Waals surface area contributed by atoms with Gasteiger partial charge in [-0.1, -0.05) is 18.2 Å². The van der Waals surface area contributed by atoms with Gasteiger partial charge < -0.3 is 10.1 Å². The van der Waals surface area contributed by atoms with Crippen molar-refractivity contribution >= 4 is 50.7 Å². The first-order valence-corrected chi connectivity index (χ1v) is 9.38. The van der Waals surface area contributed by atoms with E-state index in [0.29, 0.717) is 14.8 Å². The molecule has 0 atom stereocenters. The van der Waals surface area contributed by atoms with Crippen LogP contribution in [0.25, 0.3) is 22.4 Å². The van der Waals surface area contributed by atoms with Crippen molar-refractivity contribution in [2.45, 2.75) is 0 Å². The number of benzene rings is 2. The molecule has 0 saturated carbocycles. The minimum absolute atomic E-state index is 0.289. The number of para-hydroxylation sites is 1. The van der Waals surface area contributed by atoms with E-state index in [1.165, 1.54) is 40.9 Å². The van der Waals surface area contributed by atoms with E-state index in [2.05, 4.69) is 9.97 Å². The summed E-state index contributed by atoms with van der Waals surface area (Å²) in [7, 11) is 0. The summed E-state index contributed by atoms with van der Waals surface area (Å²) in [4.78, 5) is 29.7. The molecule has 7 nitrogen and oxygen atoms in total. The lowest BCUT2D eigenvalue weighted by atomic mass is 10.2. The minimum atomic E-state index is -0.669. The van der Waals surface area contributed by atoms with Crippen LogP contribution in [0, 0.1) is 10.1 Å². The van der Waals surface area contributed by atoms with Crippen LogP contribution in [0.4, 0.5) is 5.69 Å². The highest BCUT2D eigenvalue weighted by atomic mass is 32.1. The van der Waals surface area contributed by atoms with Crippen LogP contribution >= 0.6 is 22.7 Å². The van der Waals surface area contributed by atoms with Gasteiger partial charge in [-0.15, -0.1) is 22.7 Å². The van der Waals surface area contributed by atoms with Gasteiger partial charge in [0, 0.05) is 12.1 Å². The molecule has 27 heavy (non-hydrogen) atoms. The van der Waals surface area contributed by atoms with Gasteiger partial charge >= 0.3 is 5.69 Å². The number of phenolic OH excluding ortho intramolecular Hbond substituents is 1. The number of nitrogens with zero attached hydrogens (tertiary/aromatic N) is 2. The van der Waals surface area contributed by atoms with Crippen LogP contribution in [-0.4, -0.2) is 20.0 Å². The molecule has 0 spiro atoms. The second kappa shape index (κ2) is 6.78. The van der Waals surface area contributed by atoms with Crippen molar-refractivity contribution in [2.24, 2.45) is 0 Å². The number of nitro groups is 1. The number of nitro benzene ring substituents is 1. The summed E-state index contributed by atoms with van der Waals surface area (Å²) in [5.41, 5.74) is 0.662. The molecule has 4 aromatic rings. The summed E-state index contributed by atoms with van der Waals surface area (Å²) in [6.07, 6.45) is 3.35. The maximum Gasteiger partial charge on any atom is 0.311 e.